The maximum atomic E-state index is 13.3. The molecule has 0 aromatic heterocycles. The summed E-state index contributed by atoms with van der Waals surface area (Å²) in [7, 11) is 0. The summed E-state index contributed by atoms with van der Waals surface area (Å²) in [5.41, 5.74) is -3.69. The molecular weight excluding hydrogens is 285 g/mol. The fourth-order valence-corrected chi connectivity index (χ4v) is 3.23. The van der Waals surface area contributed by atoms with Gasteiger partial charge in [0.25, 0.3) is 5.91 Å². The number of alkyl halides is 3. The number of aliphatic hydroxyl groups is 1. The molecule has 0 saturated carbocycles. The van der Waals surface area contributed by atoms with Crippen LogP contribution in [-0.2, 0) is 11.3 Å². The van der Waals surface area contributed by atoms with E-state index in [0.717, 1.165) is 10.5 Å². The highest BCUT2D eigenvalue weighted by atomic mass is 19.4. The minimum absolute atomic E-state index is 0.0501. The van der Waals surface area contributed by atoms with Crippen molar-refractivity contribution in [3.8, 4) is 0 Å². The number of hydrogen-bond donors (Lipinski definition) is 2. The van der Waals surface area contributed by atoms with Crippen molar-refractivity contribution in [3.05, 3.63) is 29.8 Å². The molecule has 4 nitrogen and oxygen atoms in total. The predicted molar refractivity (Wildman–Crippen MR) is 69.2 cm³/mol. The first-order valence-corrected chi connectivity index (χ1v) is 6.55. The van der Waals surface area contributed by atoms with E-state index in [2.05, 4.69) is 5.32 Å². The molecule has 0 spiro atoms. The maximum Gasteiger partial charge on any atom is 0.427 e. The van der Waals surface area contributed by atoms with Crippen LogP contribution in [0.2, 0.25) is 0 Å². The number of carbonyl (C=O) groups excluding carboxylic acids is 1. The number of para-hydroxylation sites is 1. The Balaban J connectivity index is 2.11. The van der Waals surface area contributed by atoms with Crippen molar-refractivity contribution in [3.63, 3.8) is 0 Å². The van der Waals surface area contributed by atoms with Gasteiger partial charge in [0, 0.05) is 12.2 Å². The molecule has 3 rings (SSSR count). The molecule has 21 heavy (non-hydrogen) atoms. The average Bonchev–Trinajstić information content (AvgIpc) is 2.56. The SMILES string of the molecule is CC1(C)[C@@H]2Nc3ccccc3CN2C(=O)[C@@]1(O)C(F)(F)F. The third kappa shape index (κ3) is 1.58. The first-order chi connectivity index (χ1) is 9.60. The van der Waals surface area contributed by atoms with Gasteiger partial charge in [-0.3, -0.25) is 4.79 Å². The van der Waals surface area contributed by atoms with Crippen LogP contribution in [0.4, 0.5) is 18.9 Å². The van der Waals surface area contributed by atoms with Gasteiger partial charge in [-0.05, 0) is 11.6 Å². The third-order valence-corrected chi connectivity index (χ3v) is 4.56. The van der Waals surface area contributed by atoms with Crippen LogP contribution in [0.1, 0.15) is 19.4 Å². The van der Waals surface area contributed by atoms with Crippen LogP contribution in [0.3, 0.4) is 0 Å². The fourth-order valence-electron chi connectivity index (χ4n) is 3.23. The van der Waals surface area contributed by atoms with Crippen molar-refractivity contribution >= 4 is 11.6 Å². The van der Waals surface area contributed by atoms with Crippen LogP contribution >= 0.6 is 0 Å². The monoisotopic (exact) mass is 300 g/mol. The lowest BCUT2D eigenvalue weighted by Crippen LogP contribution is -2.59. The second-order valence-electron chi connectivity index (χ2n) is 6.07. The fraction of sp³-hybridized carbons (Fsp3) is 0.500. The summed E-state index contributed by atoms with van der Waals surface area (Å²) >= 11 is 0. The molecule has 7 heteroatoms. The normalized spacial score (nSPS) is 30.7. The minimum Gasteiger partial charge on any atom is -0.372 e. The van der Waals surface area contributed by atoms with Gasteiger partial charge in [-0.25, -0.2) is 0 Å². The third-order valence-electron chi connectivity index (χ3n) is 4.56. The van der Waals surface area contributed by atoms with Gasteiger partial charge in [0.2, 0.25) is 5.60 Å². The van der Waals surface area contributed by atoms with E-state index in [1.54, 1.807) is 24.3 Å². The van der Waals surface area contributed by atoms with Crippen molar-refractivity contribution in [2.75, 3.05) is 5.32 Å². The predicted octanol–water partition coefficient (Wildman–Crippen LogP) is 2.10. The Bertz CT molecular complexity index is 614. The maximum absolute atomic E-state index is 13.3. The molecule has 1 fully saturated rings. The van der Waals surface area contributed by atoms with Crippen molar-refractivity contribution in [1.82, 2.24) is 4.90 Å². The number of amides is 1. The highest BCUT2D eigenvalue weighted by molar-refractivity contribution is 5.91. The number of anilines is 1. The topological polar surface area (TPSA) is 52.6 Å². The number of fused-ring (bicyclic) bond motifs is 2. The summed E-state index contributed by atoms with van der Waals surface area (Å²) in [4.78, 5) is 13.3. The summed E-state index contributed by atoms with van der Waals surface area (Å²) in [6, 6.07) is 7.01. The Morgan fingerprint density at radius 2 is 1.95 bits per heavy atom. The lowest BCUT2D eigenvalue weighted by atomic mass is 9.74. The minimum atomic E-state index is -5.03. The molecule has 114 valence electrons. The average molecular weight is 300 g/mol. The Morgan fingerprint density at radius 3 is 2.57 bits per heavy atom. The zero-order valence-electron chi connectivity index (χ0n) is 11.5. The quantitative estimate of drug-likeness (QED) is 0.771. The molecule has 2 aliphatic heterocycles. The van der Waals surface area contributed by atoms with E-state index in [4.69, 9.17) is 0 Å². The number of halogens is 3. The second kappa shape index (κ2) is 3.91. The smallest absolute Gasteiger partial charge is 0.372 e. The van der Waals surface area contributed by atoms with Crippen LogP contribution in [-0.4, -0.2) is 33.9 Å². The van der Waals surface area contributed by atoms with Gasteiger partial charge in [-0.1, -0.05) is 32.0 Å². The second-order valence-corrected chi connectivity index (χ2v) is 6.07. The Morgan fingerprint density at radius 1 is 1.33 bits per heavy atom. The number of nitrogens with one attached hydrogen (secondary N) is 1. The molecule has 0 unspecified atom stereocenters. The van der Waals surface area contributed by atoms with Gasteiger partial charge in [0.05, 0.1) is 5.41 Å². The zero-order chi connectivity index (χ0) is 15.6. The number of nitrogens with zero attached hydrogens (tertiary/aromatic N) is 1. The molecule has 0 bridgehead atoms. The van der Waals surface area contributed by atoms with Gasteiger partial charge in [-0.2, -0.15) is 13.2 Å². The number of hydrogen-bond acceptors (Lipinski definition) is 3. The summed E-state index contributed by atoms with van der Waals surface area (Å²) in [6.45, 7) is 2.56. The molecule has 0 aliphatic carbocycles. The van der Waals surface area contributed by atoms with Crippen LogP contribution in [0.25, 0.3) is 0 Å². The molecule has 1 aromatic carbocycles. The molecule has 2 atom stereocenters. The molecule has 1 saturated heterocycles. The van der Waals surface area contributed by atoms with Crippen LogP contribution < -0.4 is 5.32 Å². The number of carbonyl (C=O) groups is 1. The Hall–Kier alpha value is -1.76. The molecule has 0 radical (unpaired) electrons. The van der Waals surface area contributed by atoms with Crippen molar-refractivity contribution in [2.24, 2.45) is 5.41 Å². The Labute approximate surface area is 119 Å². The first kappa shape index (κ1) is 14.2. The molecule has 2 N–H and O–H groups in total. The largest absolute Gasteiger partial charge is 0.427 e. The molecule has 2 heterocycles. The summed E-state index contributed by atoms with van der Waals surface area (Å²) in [6.07, 6.45) is -5.94. The summed E-state index contributed by atoms with van der Waals surface area (Å²) in [5.74, 6) is -1.30. The van der Waals surface area contributed by atoms with Gasteiger partial charge in [-0.15, -0.1) is 0 Å². The summed E-state index contributed by atoms with van der Waals surface area (Å²) in [5, 5.41) is 13.1. The molecule has 1 aromatic rings. The lowest BCUT2D eigenvalue weighted by Gasteiger charge is -2.40. The van der Waals surface area contributed by atoms with E-state index in [1.165, 1.54) is 13.8 Å². The zero-order valence-corrected chi connectivity index (χ0v) is 11.5. The van der Waals surface area contributed by atoms with E-state index < -0.39 is 29.3 Å². The molecular formula is C14H15F3N2O2. The number of benzene rings is 1. The van der Waals surface area contributed by atoms with Crippen molar-refractivity contribution < 1.29 is 23.1 Å². The van der Waals surface area contributed by atoms with Crippen LogP contribution in [0.5, 0.6) is 0 Å². The highest BCUT2D eigenvalue weighted by Gasteiger charge is 2.76. The van der Waals surface area contributed by atoms with Crippen LogP contribution in [0, 0.1) is 5.41 Å². The molecule has 2 aliphatic rings. The Kier molecular flexibility index (Phi) is 2.64. The van der Waals surface area contributed by atoms with E-state index in [0.29, 0.717) is 5.69 Å². The van der Waals surface area contributed by atoms with Crippen LogP contribution in [0.15, 0.2) is 24.3 Å². The summed E-state index contributed by atoms with van der Waals surface area (Å²) < 4.78 is 40.0. The van der Waals surface area contributed by atoms with Gasteiger partial charge in [0.15, 0.2) is 0 Å². The van der Waals surface area contributed by atoms with E-state index in [-0.39, 0.29) is 6.54 Å². The lowest BCUT2D eigenvalue weighted by molar-refractivity contribution is -0.275. The standard InChI is InChI=1S/C14H15F3N2O2/c1-12(2)10-18-9-6-4-3-5-8(9)7-19(10)11(20)13(12,21)14(15,16)17/h3-6,10,18,21H,7H2,1-2H3/t10-,13+/m1/s1. The number of rotatable bonds is 0. The first-order valence-electron chi connectivity index (χ1n) is 6.55. The highest BCUT2D eigenvalue weighted by Crippen LogP contribution is 2.54. The van der Waals surface area contributed by atoms with Crippen molar-refractivity contribution in [2.45, 2.75) is 38.3 Å². The van der Waals surface area contributed by atoms with E-state index >= 15 is 0 Å². The van der Waals surface area contributed by atoms with Crippen molar-refractivity contribution in [1.29, 1.82) is 0 Å². The van der Waals surface area contributed by atoms with E-state index in [9.17, 15) is 23.1 Å². The van der Waals surface area contributed by atoms with Gasteiger partial charge >= 0.3 is 6.18 Å². The van der Waals surface area contributed by atoms with E-state index in [1.807, 2.05) is 0 Å². The van der Waals surface area contributed by atoms with Gasteiger partial charge in [0.1, 0.15) is 6.17 Å². The van der Waals surface area contributed by atoms with Gasteiger partial charge < -0.3 is 15.3 Å². The molecule has 1 amide bonds.